The van der Waals surface area contributed by atoms with Gasteiger partial charge < -0.3 is 20.3 Å². The van der Waals surface area contributed by atoms with E-state index in [1.807, 2.05) is 30.3 Å². The highest BCUT2D eigenvalue weighted by Gasteiger charge is 2.15. The van der Waals surface area contributed by atoms with Gasteiger partial charge in [0.15, 0.2) is 5.82 Å². The number of rotatable bonds is 9. The Morgan fingerprint density at radius 3 is 2.68 bits per heavy atom. The van der Waals surface area contributed by atoms with Crippen molar-refractivity contribution >= 4 is 12.0 Å². The van der Waals surface area contributed by atoms with Crippen molar-refractivity contribution in [1.29, 1.82) is 0 Å². The van der Waals surface area contributed by atoms with Crippen LogP contribution in [0.5, 0.6) is 0 Å². The van der Waals surface area contributed by atoms with Crippen LogP contribution in [0, 0.1) is 6.92 Å². The zero-order valence-electron chi connectivity index (χ0n) is 14.1. The van der Waals surface area contributed by atoms with Crippen LogP contribution in [0.1, 0.15) is 30.1 Å². The molecular formula is C17H22N4O4. The minimum atomic E-state index is -0.882. The number of nitrogens with one attached hydrogen (secondary N) is 2. The Bertz CT molecular complexity index is 687. The molecule has 2 aromatic rings. The lowest BCUT2D eigenvalue weighted by Crippen LogP contribution is -2.44. The predicted octanol–water partition coefficient (Wildman–Crippen LogP) is 1.70. The van der Waals surface area contributed by atoms with Crippen LogP contribution in [0.25, 0.3) is 0 Å². The molecule has 0 spiro atoms. The van der Waals surface area contributed by atoms with E-state index in [4.69, 9.17) is 9.63 Å². The maximum atomic E-state index is 12.0. The highest BCUT2D eigenvalue weighted by atomic mass is 16.5. The smallest absolute Gasteiger partial charge is 0.315 e. The Kier molecular flexibility index (Phi) is 6.94. The Morgan fingerprint density at radius 1 is 1.28 bits per heavy atom. The van der Waals surface area contributed by atoms with Crippen molar-refractivity contribution in [2.75, 3.05) is 6.54 Å². The summed E-state index contributed by atoms with van der Waals surface area (Å²) in [6, 6.07) is 9.03. The standard InChI is InChI=1S/C17H22N4O4/c1-12-19-15(25-21-12)9-10-18-17(24)20-14(7-8-16(22)23)11-13-5-3-2-4-6-13/h2-6,14H,7-11H2,1H3,(H,22,23)(H2,18,20,24). The van der Waals surface area contributed by atoms with Gasteiger partial charge in [0.1, 0.15) is 0 Å². The quantitative estimate of drug-likeness (QED) is 0.636. The molecule has 8 nitrogen and oxygen atoms in total. The molecule has 1 aromatic heterocycles. The number of aromatic nitrogens is 2. The molecule has 2 amide bonds. The van der Waals surface area contributed by atoms with Crippen molar-refractivity contribution in [2.45, 2.75) is 38.6 Å². The first-order chi connectivity index (χ1) is 12.0. The van der Waals surface area contributed by atoms with E-state index < -0.39 is 5.97 Å². The number of aryl methyl sites for hydroxylation is 1. The Morgan fingerprint density at radius 2 is 2.04 bits per heavy atom. The number of urea groups is 1. The molecule has 3 N–H and O–H groups in total. The summed E-state index contributed by atoms with van der Waals surface area (Å²) in [6.07, 6.45) is 1.37. The Hall–Kier alpha value is -2.90. The number of hydrogen-bond donors (Lipinski definition) is 3. The van der Waals surface area contributed by atoms with Gasteiger partial charge in [-0.15, -0.1) is 0 Å². The zero-order chi connectivity index (χ0) is 18.1. The lowest BCUT2D eigenvalue weighted by Gasteiger charge is -2.18. The molecule has 1 atom stereocenters. The highest BCUT2D eigenvalue weighted by Crippen LogP contribution is 2.08. The van der Waals surface area contributed by atoms with Crippen molar-refractivity contribution in [3.05, 3.63) is 47.6 Å². The average molecular weight is 346 g/mol. The number of carboxylic acid groups (broad SMARTS) is 1. The van der Waals surface area contributed by atoms with Crippen molar-refractivity contribution < 1.29 is 19.2 Å². The molecule has 0 aliphatic heterocycles. The molecule has 1 aromatic carbocycles. The zero-order valence-corrected chi connectivity index (χ0v) is 14.1. The van der Waals surface area contributed by atoms with E-state index in [0.29, 0.717) is 37.5 Å². The van der Waals surface area contributed by atoms with Gasteiger partial charge in [-0.3, -0.25) is 4.79 Å². The van der Waals surface area contributed by atoms with Crippen molar-refractivity contribution in [3.63, 3.8) is 0 Å². The van der Waals surface area contributed by atoms with E-state index in [2.05, 4.69) is 20.8 Å². The molecule has 2 rings (SSSR count). The van der Waals surface area contributed by atoms with Gasteiger partial charge in [0.2, 0.25) is 5.89 Å². The number of carbonyl (C=O) groups is 2. The SMILES string of the molecule is Cc1noc(CCNC(=O)NC(CCC(=O)O)Cc2ccccc2)n1. The lowest BCUT2D eigenvalue weighted by molar-refractivity contribution is -0.137. The molecule has 0 aliphatic carbocycles. The molecule has 0 bridgehead atoms. The fraction of sp³-hybridized carbons (Fsp3) is 0.412. The van der Waals surface area contributed by atoms with E-state index in [9.17, 15) is 9.59 Å². The molecule has 0 saturated heterocycles. The summed E-state index contributed by atoms with van der Waals surface area (Å²) in [4.78, 5) is 26.9. The van der Waals surface area contributed by atoms with Crippen LogP contribution >= 0.6 is 0 Å². The summed E-state index contributed by atoms with van der Waals surface area (Å²) in [5.74, 6) is 0.132. The second-order valence-electron chi connectivity index (χ2n) is 5.70. The molecule has 0 radical (unpaired) electrons. The van der Waals surface area contributed by atoms with E-state index in [0.717, 1.165) is 5.56 Å². The molecule has 0 fully saturated rings. The van der Waals surface area contributed by atoms with E-state index in [1.165, 1.54) is 0 Å². The number of benzene rings is 1. The van der Waals surface area contributed by atoms with Crippen LogP contribution in [0.2, 0.25) is 0 Å². The number of carboxylic acids is 1. The first kappa shape index (κ1) is 18.4. The first-order valence-corrected chi connectivity index (χ1v) is 8.12. The monoisotopic (exact) mass is 346 g/mol. The summed E-state index contributed by atoms with van der Waals surface area (Å²) in [5.41, 5.74) is 1.04. The van der Waals surface area contributed by atoms with E-state index >= 15 is 0 Å². The predicted molar refractivity (Wildman–Crippen MR) is 90.1 cm³/mol. The molecule has 134 valence electrons. The third-order valence-corrected chi connectivity index (χ3v) is 3.56. The maximum absolute atomic E-state index is 12.0. The van der Waals surface area contributed by atoms with Crippen LogP contribution in [0.4, 0.5) is 4.79 Å². The number of hydrogen-bond acceptors (Lipinski definition) is 5. The van der Waals surface area contributed by atoms with Gasteiger partial charge in [0.05, 0.1) is 0 Å². The lowest BCUT2D eigenvalue weighted by atomic mass is 10.0. The molecule has 0 saturated carbocycles. The summed E-state index contributed by atoms with van der Waals surface area (Å²) in [5, 5.41) is 18.1. The molecule has 0 aliphatic rings. The summed E-state index contributed by atoms with van der Waals surface area (Å²) in [7, 11) is 0. The Labute approximate surface area is 145 Å². The fourth-order valence-corrected chi connectivity index (χ4v) is 2.38. The van der Waals surface area contributed by atoms with Gasteiger partial charge in [0, 0.05) is 25.4 Å². The minimum Gasteiger partial charge on any atom is -0.481 e. The van der Waals surface area contributed by atoms with Gasteiger partial charge >= 0.3 is 12.0 Å². The molecular weight excluding hydrogens is 324 g/mol. The fourth-order valence-electron chi connectivity index (χ4n) is 2.38. The summed E-state index contributed by atoms with van der Waals surface area (Å²) in [6.45, 7) is 2.08. The number of carbonyl (C=O) groups excluding carboxylic acids is 1. The normalized spacial score (nSPS) is 11.7. The molecule has 8 heteroatoms. The molecule has 1 unspecified atom stereocenters. The third-order valence-electron chi connectivity index (χ3n) is 3.56. The molecule has 1 heterocycles. The third kappa shape index (κ3) is 7.03. The topological polar surface area (TPSA) is 117 Å². The highest BCUT2D eigenvalue weighted by molar-refractivity contribution is 5.74. The van der Waals surface area contributed by atoms with Gasteiger partial charge in [0.25, 0.3) is 0 Å². The second kappa shape index (κ2) is 9.41. The Balaban J connectivity index is 1.81. The van der Waals surface area contributed by atoms with Crippen molar-refractivity contribution in [1.82, 2.24) is 20.8 Å². The summed E-state index contributed by atoms with van der Waals surface area (Å²) >= 11 is 0. The molecule has 25 heavy (non-hydrogen) atoms. The first-order valence-electron chi connectivity index (χ1n) is 8.12. The van der Waals surface area contributed by atoms with E-state index in [-0.39, 0.29) is 18.5 Å². The maximum Gasteiger partial charge on any atom is 0.315 e. The van der Waals surface area contributed by atoms with Crippen LogP contribution in [0.15, 0.2) is 34.9 Å². The minimum absolute atomic E-state index is 0.000951. The summed E-state index contributed by atoms with van der Waals surface area (Å²) < 4.78 is 4.97. The van der Waals surface area contributed by atoms with Gasteiger partial charge in [-0.1, -0.05) is 35.5 Å². The average Bonchev–Trinajstić information content (AvgIpc) is 2.99. The largest absolute Gasteiger partial charge is 0.481 e. The van der Waals surface area contributed by atoms with Crippen LogP contribution in [-0.2, 0) is 17.6 Å². The van der Waals surface area contributed by atoms with Gasteiger partial charge in [-0.25, -0.2) is 4.79 Å². The van der Waals surface area contributed by atoms with Crippen LogP contribution in [-0.4, -0.2) is 39.8 Å². The van der Waals surface area contributed by atoms with Crippen LogP contribution in [0.3, 0.4) is 0 Å². The second-order valence-corrected chi connectivity index (χ2v) is 5.70. The van der Waals surface area contributed by atoms with Gasteiger partial charge in [-0.2, -0.15) is 4.98 Å². The number of aliphatic carboxylic acids is 1. The van der Waals surface area contributed by atoms with Gasteiger partial charge in [-0.05, 0) is 25.3 Å². The van der Waals surface area contributed by atoms with E-state index in [1.54, 1.807) is 6.92 Å². The number of amides is 2. The van der Waals surface area contributed by atoms with Crippen LogP contribution < -0.4 is 10.6 Å². The number of nitrogens with zero attached hydrogens (tertiary/aromatic N) is 2. The van der Waals surface area contributed by atoms with Crippen molar-refractivity contribution in [2.24, 2.45) is 0 Å². The van der Waals surface area contributed by atoms with Crippen molar-refractivity contribution in [3.8, 4) is 0 Å².